The quantitative estimate of drug-likeness (QED) is 0.181. The molecule has 0 amide bonds. The molecule has 260 valence electrons. The smallest absolute Gasteiger partial charge is 0.164 e. The first kappa shape index (κ1) is 31.2. The van der Waals surface area contributed by atoms with Crippen molar-refractivity contribution in [2.24, 2.45) is 0 Å². The van der Waals surface area contributed by atoms with E-state index in [4.69, 9.17) is 15.0 Å². The van der Waals surface area contributed by atoms with Crippen LogP contribution in [0.4, 0.5) is 0 Å². The Kier molecular flexibility index (Phi) is 6.76. The van der Waals surface area contributed by atoms with Crippen LogP contribution in [-0.2, 0) is 0 Å². The highest BCUT2D eigenvalue weighted by Crippen LogP contribution is 2.44. The number of hydrogen-bond donors (Lipinski definition) is 0. The minimum absolute atomic E-state index is 0.649. The third-order valence-electron chi connectivity index (χ3n) is 11.2. The fourth-order valence-corrected chi connectivity index (χ4v) is 9.81. The van der Waals surface area contributed by atoms with Gasteiger partial charge in [-0.05, 0) is 69.4 Å². The molecule has 0 spiro atoms. The molecule has 3 aromatic heterocycles. The molecule has 0 saturated carbocycles. The second-order valence-electron chi connectivity index (χ2n) is 14.4. The Morgan fingerprint density at radius 1 is 0.375 bits per heavy atom. The predicted molar refractivity (Wildman–Crippen MR) is 236 cm³/mol. The van der Waals surface area contributed by atoms with Gasteiger partial charge in [-0.2, -0.15) is 0 Å². The van der Waals surface area contributed by atoms with Gasteiger partial charge in [0, 0.05) is 58.7 Å². The van der Waals surface area contributed by atoms with Gasteiger partial charge in [-0.15, -0.1) is 11.3 Å². The number of nitrogens with zero attached hydrogens (tertiary/aromatic N) is 4. The van der Waals surface area contributed by atoms with Gasteiger partial charge in [-0.25, -0.2) is 15.0 Å². The van der Waals surface area contributed by atoms with E-state index < -0.39 is 0 Å². The Bertz CT molecular complexity index is 3540. The molecule has 0 aliphatic rings. The number of rotatable bonds is 4. The Labute approximate surface area is 325 Å². The zero-order valence-electron chi connectivity index (χ0n) is 30.0. The van der Waals surface area contributed by atoms with E-state index in [1.165, 1.54) is 63.5 Å². The van der Waals surface area contributed by atoms with E-state index in [0.29, 0.717) is 17.5 Å². The zero-order chi connectivity index (χ0) is 36.7. The number of benzene rings is 9. The largest absolute Gasteiger partial charge is 0.309 e. The van der Waals surface area contributed by atoms with Gasteiger partial charge in [0.2, 0.25) is 0 Å². The molecule has 9 aromatic carbocycles. The summed E-state index contributed by atoms with van der Waals surface area (Å²) < 4.78 is 4.94. The van der Waals surface area contributed by atoms with Crippen LogP contribution in [-0.4, -0.2) is 19.5 Å². The Hall–Kier alpha value is -7.21. The second kappa shape index (κ2) is 12.2. The van der Waals surface area contributed by atoms with Crippen molar-refractivity contribution in [1.29, 1.82) is 0 Å². The highest BCUT2D eigenvalue weighted by molar-refractivity contribution is 7.26. The van der Waals surface area contributed by atoms with Crippen LogP contribution in [0.3, 0.4) is 0 Å². The summed E-state index contributed by atoms with van der Waals surface area (Å²) in [4.78, 5) is 15.6. The average Bonchev–Trinajstić information content (AvgIpc) is 3.82. The lowest BCUT2D eigenvalue weighted by Gasteiger charge is -2.14. The van der Waals surface area contributed by atoms with Gasteiger partial charge in [0.05, 0.1) is 11.0 Å². The standard InChI is InChI=1S/C51H30N4S/c1-2-14-33(15-3-1)49-52-50(35-23-22-31-12-4-5-16-34(31)28-35)54-51(53-49)43-30-42-39-18-9-11-21-46(39)56-48(42)41-29-36(25-26-38(41)43)55-44-20-10-8-19-40(44)47-37-17-7-6-13-32(37)24-27-45(47)55/h1-30H. The summed E-state index contributed by atoms with van der Waals surface area (Å²) in [6.45, 7) is 0. The SMILES string of the molecule is c1ccc(-c2nc(-c3ccc4ccccc4c3)nc(-c3cc4c5ccccc5sc4c4cc(-n5c6ccccc6c6c7ccccc7ccc65)ccc34)n2)cc1. The van der Waals surface area contributed by atoms with Crippen molar-refractivity contribution in [2.75, 3.05) is 0 Å². The zero-order valence-corrected chi connectivity index (χ0v) is 30.8. The minimum atomic E-state index is 0.649. The molecule has 56 heavy (non-hydrogen) atoms. The van der Waals surface area contributed by atoms with Crippen LogP contribution in [0.1, 0.15) is 0 Å². The molecule has 12 rings (SSSR count). The molecule has 0 radical (unpaired) electrons. The molecule has 5 heteroatoms. The summed E-state index contributed by atoms with van der Waals surface area (Å²) in [6.07, 6.45) is 0. The lowest BCUT2D eigenvalue weighted by atomic mass is 9.99. The summed E-state index contributed by atoms with van der Waals surface area (Å²) in [5.74, 6) is 1.95. The molecule has 0 aliphatic carbocycles. The molecule has 4 nitrogen and oxygen atoms in total. The maximum atomic E-state index is 5.29. The number of hydrogen-bond acceptors (Lipinski definition) is 4. The first-order valence-corrected chi connectivity index (χ1v) is 19.7. The number of aromatic nitrogens is 4. The molecular weight excluding hydrogens is 701 g/mol. The number of fused-ring (bicyclic) bond motifs is 11. The lowest BCUT2D eigenvalue weighted by Crippen LogP contribution is -2.01. The van der Waals surface area contributed by atoms with E-state index in [9.17, 15) is 0 Å². The molecule has 0 unspecified atom stereocenters. The van der Waals surface area contributed by atoms with Gasteiger partial charge in [0.25, 0.3) is 0 Å². The highest BCUT2D eigenvalue weighted by Gasteiger charge is 2.20. The maximum Gasteiger partial charge on any atom is 0.164 e. The lowest BCUT2D eigenvalue weighted by molar-refractivity contribution is 1.08. The monoisotopic (exact) mass is 730 g/mol. The fraction of sp³-hybridized carbons (Fsp3) is 0. The van der Waals surface area contributed by atoms with Gasteiger partial charge < -0.3 is 4.57 Å². The third-order valence-corrected chi connectivity index (χ3v) is 12.4. The van der Waals surface area contributed by atoms with Crippen LogP contribution in [0.15, 0.2) is 182 Å². The van der Waals surface area contributed by atoms with Gasteiger partial charge in [0.15, 0.2) is 17.5 Å². The van der Waals surface area contributed by atoms with Crippen LogP contribution >= 0.6 is 11.3 Å². The average molecular weight is 731 g/mol. The van der Waals surface area contributed by atoms with Crippen LogP contribution in [0.5, 0.6) is 0 Å². The Morgan fingerprint density at radius 2 is 1.04 bits per heavy atom. The second-order valence-corrected chi connectivity index (χ2v) is 15.4. The molecule has 0 atom stereocenters. The molecule has 3 heterocycles. The van der Waals surface area contributed by atoms with E-state index in [2.05, 4.69) is 168 Å². The normalized spacial score (nSPS) is 11.9. The van der Waals surface area contributed by atoms with Crippen molar-refractivity contribution < 1.29 is 0 Å². The van der Waals surface area contributed by atoms with Crippen molar-refractivity contribution >= 4 is 85.6 Å². The predicted octanol–water partition coefficient (Wildman–Crippen LogP) is 13.8. The summed E-state index contributed by atoms with van der Waals surface area (Å²) in [5.41, 5.74) is 6.39. The van der Waals surface area contributed by atoms with Crippen molar-refractivity contribution in [3.05, 3.63) is 182 Å². The first-order valence-electron chi connectivity index (χ1n) is 18.9. The molecule has 12 aromatic rings. The molecule has 0 saturated heterocycles. The molecule has 0 aliphatic heterocycles. The van der Waals surface area contributed by atoms with Crippen molar-refractivity contribution in [1.82, 2.24) is 19.5 Å². The number of thiophene rings is 1. The Morgan fingerprint density at radius 3 is 1.91 bits per heavy atom. The minimum Gasteiger partial charge on any atom is -0.309 e. The van der Waals surface area contributed by atoms with Crippen molar-refractivity contribution in [3.8, 4) is 39.9 Å². The highest BCUT2D eigenvalue weighted by atomic mass is 32.1. The topological polar surface area (TPSA) is 43.6 Å². The van der Waals surface area contributed by atoms with Crippen molar-refractivity contribution in [2.45, 2.75) is 0 Å². The molecule has 0 bridgehead atoms. The summed E-state index contributed by atoms with van der Waals surface area (Å²) in [5, 5.41) is 12.1. The van der Waals surface area contributed by atoms with E-state index >= 15 is 0 Å². The number of para-hydroxylation sites is 1. The van der Waals surface area contributed by atoms with E-state index in [0.717, 1.165) is 33.2 Å². The van der Waals surface area contributed by atoms with E-state index in [-0.39, 0.29) is 0 Å². The summed E-state index contributed by atoms with van der Waals surface area (Å²) in [6, 6.07) is 65.0. The van der Waals surface area contributed by atoms with Gasteiger partial charge >= 0.3 is 0 Å². The first-order chi connectivity index (χ1) is 27.7. The van der Waals surface area contributed by atoms with Crippen LogP contribution in [0.25, 0.3) is 114 Å². The van der Waals surface area contributed by atoms with Crippen molar-refractivity contribution in [3.63, 3.8) is 0 Å². The summed E-state index contributed by atoms with van der Waals surface area (Å²) >= 11 is 1.85. The fourth-order valence-electron chi connectivity index (χ4n) is 8.60. The van der Waals surface area contributed by atoms with Gasteiger partial charge in [-0.3, -0.25) is 0 Å². The van der Waals surface area contributed by atoms with Gasteiger partial charge in [0.1, 0.15) is 0 Å². The molecule has 0 N–H and O–H groups in total. The molecule has 0 fully saturated rings. The molecular formula is C51H30N4S. The van der Waals surface area contributed by atoms with Crippen LogP contribution in [0.2, 0.25) is 0 Å². The van der Waals surface area contributed by atoms with E-state index in [1.807, 2.05) is 29.5 Å². The third kappa shape index (κ3) is 4.75. The van der Waals surface area contributed by atoms with E-state index in [1.54, 1.807) is 0 Å². The summed E-state index contributed by atoms with van der Waals surface area (Å²) in [7, 11) is 0. The van der Waals surface area contributed by atoms with Crippen LogP contribution < -0.4 is 0 Å². The van der Waals surface area contributed by atoms with Gasteiger partial charge in [-0.1, -0.05) is 140 Å². The maximum absolute atomic E-state index is 5.29. The Balaban J connectivity index is 1.15. The van der Waals surface area contributed by atoms with Crippen LogP contribution in [0, 0.1) is 0 Å².